The van der Waals surface area contributed by atoms with Crippen molar-refractivity contribution in [1.29, 1.82) is 0 Å². The fourth-order valence-corrected chi connectivity index (χ4v) is 2.21. The molecular weight excluding hydrogens is 272 g/mol. The average Bonchev–Trinajstić information content (AvgIpc) is 2.50. The lowest BCUT2D eigenvalue weighted by Gasteiger charge is -2.11. The Balaban J connectivity index is 1.81. The molecule has 0 saturated heterocycles. The van der Waals surface area contributed by atoms with Crippen LogP contribution in [0.15, 0.2) is 36.4 Å². The van der Waals surface area contributed by atoms with Crippen LogP contribution in [0.2, 0.25) is 0 Å². The molecule has 0 radical (unpaired) electrons. The number of hydrogen-bond acceptors (Lipinski definition) is 4. The zero-order chi connectivity index (χ0) is 15.8. The maximum atomic E-state index is 4.44. The van der Waals surface area contributed by atoms with Crippen LogP contribution in [0.25, 0.3) is 0 Å². The second kappa shape index (κ2) is 8.37. The number of nitrogens with zero attached hydrogens (tertiary/aromatic N) is 2. The predicted molar refractivity (Wildman–Crippen MR) is 93.3 cm³/mol. The molecule has 0 aliphatic rings. The van der Waals surface area contributed by atoms with E-state index in [1.165, 1.54) is 5.56 Å². The van der Waals surface area contributed by atoms with Crippen LogP contribution in [0, 0.1) is 12.8 Å². The first-order chi connectivity index (χ1) is 10.6. The summed E-state index contributed by atoms with van der Waals surface area (Å²) in [5, 5.41) is 6.74. The third-order valence-corrected chi connectivity index (χ3v) is 3.32. The third kappa shape index (κ3) is 5.72. The normalized spacial score (nSPS) is 10.7. The van der Waals surface area contributed by atoms with E-state index < -0.39 is 0 Å². The number of rotatable bonds is 8. The molecule has 0 unspecified atom stereocenters. The van der Waals surface area contributed by atoms with Gasteiger partial charge in [-0.25, -0.2) is 9.97 Å². The number of aryl methyl sites for hydroxylation is 2. The molecule has 2 aromatic rings. The Morgan fingerprint density at radius 2 is 1.68 bits per heavy atom. The van der Waals surface area contributed by atoms with Crippen LogP contribution in [-0.2, 0) is 6.42 Å². The minimum Gasteiger partial charge on any atom is -0.370 e. The molecule has 118 valence electrons. The number of benzene rings is 1. The quantitative estimate of drug-likeness (QED) is 0.726. The van der Waals surface area contributed by atoms with E-state index >= 15 is 0 Å². The first-order valence-electron chi connectivity index (χ1n) is 8.01. The van der Waals surface area contributed by atoms with Crippen molar-refractivity contribution < 1.29 is 0 Å². The van der Waals surface area contributed by atoms with E-state index in [4.69, 9.17) is 0 Å². The Kier molecular flexibility index (Phi) is 6.19. The van der Waals surface area contributed by atoms with Crippen LogP contribution in [0.4, 0.5) is 11.6 Å². The summed E-state index contributed by atoms with van der Waals surface area (Å²) >= 11 is 0. The smallest absolute Gasteiger partial charge is 0.131 e. The lowest BCUT2D eigenvalue weighted by Crippen LogP contribution is -2.12. The van der Waals surface area contributed by atoms with Crippen LogP contribution in [0.3, 0.4) is 0 Å². The van der Waals surface area contributed by atoms with Gasteiger partial charge in [0.1, 0.15) is 17.5 Å². The first-order valence-corrected chi connectivity index (χ1v) is 8.01. The van der Waals surface area contributed by atoms with Crippen molar-refractivity contribution in [2.75, 3.05) is 23.7 Å². The van der Waals surface area contributed by atoms with Crippen molar-refractivity contribution in [3.05, 3.63) is 47.8 Å². The zero-order valence-electron chi connectivity index (χ0n) is 13.8. The van der Waals surface area contributed by atoms with Gasteiger partial charge < -0.3 is 10.6 Å². The fourth-order valence-electron chi connectivity index (χ4n) is 2.21. The predicted octanol–water partition coefficient (Wildman–Crippen LogP) is 3.90. The van der Waals surface area contributed by atoms with E-state index in [1.807, 2.05) is 13.0 Å². The molecule has 1 aromatic carbocycles. The monoisotopic (exact) mass is 298 g/mol. The molecule has 2 N–H and O–H groups in total. The van der Waals surface area contributed by atoms with Gasteiger partial charge in [-0.3, -0.25) is 0 Å². The molecule has 0 atom stereocenters. The minimum atomic E-state index is 0.595. The van der Waals surface area contributed by atoms with E-state index in [1.54, 1.807) is 0 Å². The summed E-state index contributed by atoms with van der Waals surface area (Å²) in [5.74, 6) is 3.18. The fraction of sp³-hybridized carbons (Fsp3) is 0.444. The highest BCUT2D eigenvalue weighted by Crippen LogP contribution is 2.12. The summed E-state index contributed by atoms with van der Waals surface area (Å²) < 4.78 is 0. The highest BCUT2D eigenvalue weighted by molar-refractivity contribution is 5.47. The van der Waals surface area contributed by atoms with Crippen LogP contribution in [0.5, 0.6) is 0 Å². The second-order valence-electron chi connectivity index (χ2n) is 5.98. The third-order valence-electron chi connectivity index (χ3n) is 3.32. The molecule has 1 heterocycles. The Bertz CT molecular complexity index is 567. The molecule has 0 fully saturated rings. The van der Waals surface area contributed by atoms with Crippen molar-refractivity contribution in [1.82, 2.24) is 9.97 Å². The summed E-state index contributed by atoms with van der Waals surface area (Å²) in [6.45, 7) is 8.13. The molecular formula is C18H26N4. The van der Waals surface area contributed by atoms with Crippen molar-refractivity contribution in [2.24, 2.45) is 5.92 Å². The molecule has 0 aliphatic carbocycles. The molecule has 4 heteroatoms. The highest BCUT2D eigenvalue weighted by Gasteiger charge is 2.02. The number of anilines is 2. The van der Waals surface area contributed by atoms with E-state index in [-0.39, 0.29) is 0 Å². The molecule has 0 bridgehead atoms. The number of nitrogens with one attached hydrogen (secondary N) is 2. The van der Waals surface area contributed by atoms with Crippen molar-refractivity contribution in [2.45, 2.75) is 33.6 Å². The van der Waals surface area contributed by atoms with Gasteiger partial charge in [0.15, 0.2) is 0 Å². The molecule has 1 aromatic heterocycles. The average molecular weight is 298 g/mol. The molecule has 0 spiro atoms. The van der Waals surface area contributed by atoms with E-state index in [0.717, 1.165) is 43.4 Å². The van der Waals surface area contributed by atoms with Gasteiger partial charge in [-0.15, -0.1) is 0 Å². The number of aromatic nitrogens is 2. The summed E-state index contributed by atoms with van der Waals surface area (Å²) in [6.07, 6.45) is 2.16. The topological polar surface area (TPSA) is 49.8 Å². The second-order valence-corrected chi connectivity index (χ2v) is 5.98. The molecule has 22 heavy (non-hydrogen) atoms. The largest absolute Gasteiger partial charge is 0.370 e. The van der Waals surface area contributed by atoms with Gasteiger partial charge in [0.25, 0.3) is 0 Å². The van der Waals surface area contributed by atoms with Crippen molar-refractivity contribution >= 4 is 11.6 Å². The molecule has 4 nitrogen and oxygen atoms in total. The summed E-state index contributed by atoms with van der Waals surface area (Å²) in [5.41, 5.74) is 1.38. The van der Waals surface area contributed by atoms with Gasteiger partial charge in [-0.1, -0.05) is 44.2 Å². The molecule has 0 aliphatic heterocycles. The van der Waals surface area contributed by atoms with Gasteiger partial charge in [0, 0.05) is 19.2 Å². The SMILES string of the molecule is Cc1nc(NCCCc2ccccc2)cc(NCC(C)C)n1. The molecule has 0 saturated carbocycles. The lowest BCUT2D eigenvalue weighted by molar-refractivity contribution is 0.686. The maximum absolute atomic E-state index is 4.44. The van der Waals surface area contributed by atoms with Gasteiger partial charge in [-0.05, 0) is 31.2 Å². The summed E-state index contributed by atoms with van der Waals surface area (Å²) in [6, 6.07) is 12.5. The van der Waals surface area contributed by atoms with Crippen LogP contribution < -0.4 is 10.6 Å². The van der Waals surface area contributed by atoms with E-state index in [2.05, 4.69) is 64.8 Å². The zero-order valence-corrected chi connectivity index (χ0v) is 13.8. The van der Waals surface area contributed by atoms with Gasteiger partial charge in [0.2, 0.25) is 0 Å². The Morgan fingerprint density at radius 3 is 2.36 bits per heavy atom. The Morgan fingerprint density at radius 1 is 1.00 bits per heavy atom. The van der Waals surface area contributed by atoms with Crippen LogP contribution in [-0.4, -0.2) is 23.1 Å². The minimum absolute atomic E-state index is 0.595. The summed E-state index contributed by atoms with van der Waals surface area (Å²) in [4.78, 5) is 8.86. The molecule has 2 rings (SSSR count). The van der Waals surface area contributed by atoms with Crippen LogP contribution >= 0.6 is 0 Å². The lowest BCUT2D eigenvalue weighted by atomic mass is 10.1. The number of hydrogen-bond donors (Lipinski definition) is 2. The van der Waals surface area contributed by atoms with Crippen molar-refractivity contribution in [3.63, 3.8) is 0 Å². The van der Waals surface area contributed by atoms with Crippen molar-refractivity contribution in [3.8, 4) is 0 Å². The van der Waals surface area contributed by atoms with E-state index in [9.17, 15) is 0 Å². The van der Waals surface area contributed by atoms with Crippen LogP contribution in [0.1, 0.15) is 31.7 Å². The van der Waals surface area contributed by atoms with Gasteiger partial charge in [-0.2, -0.15) is 0 Å². The standard InChI is InChI=1S/C18H26N4/c1-14(2)13-20-18-12-17(21-15(3)22-18)19-11-7-10-16-8-5-4-6-9-16/h4-6,8-9,12,14H,7,10-11,13H2,1-3H3,(H2,19,20,21,22). The van der Waals surface area contributed by atoms with Gasteiger partial charge >= 0.3 is 0 Å². The van der Waals surface area contributed by atoms with Gasteiger partial charge in [0.05, 0.1) is 0 Å². The summed E-state index contributed by atoms with van der Waals surface area (Å²) in [7, 11) is 0. The highest BCUT2D eigenvalue weighted by atomic mass is 15.1. The Hall–Kier alpha value is -2.10. The van der Waals surface area contributed by atoms with E-state index in [0.29, 0.717) is 5.92 Å². The Labute approximate surface area is 133 Å². The molecule has 0 amide bonds. The maximum Gasteiger partial charge on any atom is 0.131 e. The first kappa shape index (κ1) is 16.3.